The number of aromatic nitrogens is 1. The summed E-state index contributed by atoms with van der Waals surface area (Å²) in [7, 11) is 0. The lowest BCUT2D eigenvalue weighted by Gasteiger charge is -2.19. The zero-order valence-electron chi connectivity index (χ0n) is 11.9. The molecule has 106 valence electrons. The smallest absolute Gasteiger partial charge is 0.219 e. The number of hydrogen-bond donors (Lipinski definition) is 1. The zero-order valence-corrected chi connectivity index (χ0v) is 12.6. The van der Waals surface area contributed by atoms with Crippen LogP contribution in [-0.4, -0.2) is 10.1 Å². The van der Waals surface area contributed by atoms with Crippen LogP contribution in [-0.2, 0) is 12.0 Å². The van der Waals surface area contributed by atoms with E-state index in [1.807, 2.05) is 24.3 Å². The van der Waals surface area contributed by atoms with Crippen molar-refractivity contribution in [2.75, 3.05) is 0 Å². The molecule has 20 heavy (non-hydrogen) atoms. The molecular formula is C16H18ClNO2. The van der Waals surface area contributed by atoms with Crippen LogP contribution in [0, 0.1) is 0 Å². The van der Waals surface area contributed by atoms with Crippen LogP contribution in [0.1, 0.15) is 32.0 Å². The van der Waals surface area contributed by atoms with Crippen molar-refractivity contribution in [3.63, 3.8) is 0 Å². The standard InChI is InChI=1S/C16H18ClNO2/c1-16(2,3)11-4-6-12(7-5-11)20-15-9-8-13(17)14(10-19)18-15/h4-9,19H,10H2,1-3H3. The molecule has 2 rings (SSSR count). The average molecular weight is 292 g/mol. The lowest BCUT2D eigenvalue weighted by molar-refractivity contribution is 0.275. The number of nitrogens with zero attached hydrogens (tertiary/aromatic N) is 1. The van der Waals surface area contributed by atoms with E-state index in [1.165, 1.54) is 5.56 Å². The third-order valence-electron chi connectivity index (χ3n) is 2.99. The molecule has 3 nitrogen and oxygen atoms in total. The van der Waals surface area contributed by atoms with Crippen molar-refractivity contribution in [3.8, 4) is 11.6 Å². The molecule has 0 saturated carbocycles. The second-order valence-electron chi connectivity index (χ2n) is 5.61. The first-order valence-electron chi connectivity index (χ1n) is 6.45. The summed E-state index contributed by atoms with van der Waals surface area (Å²) in [6, 6.07) is 11.2. The molecule has 0 aliphatic rings. The number of benzene rings is 1. The van der Waals surface area contributed by atoms with Gasteiger partial charge in [-0.3, -0.25) is 0 Å². The predicted molar refractivity (Wildman–Crippen MR) is 80.4 cm³/mol. The van der Waals surface area contributed by atoms with Gasteiger partial charge in [-0.25, -0.2) is 4.98 Å². The fourth-order valence-electron chi connectivity index (χ4n) is 1.78. The average Bonchev–Trinajstić information content (AvgIpc) is 2.40. The summed E-state index contributed by atoms with van der Waals surface area (Å²) in [4.78, 5) is 4.15. The van der Waals surface area contributed by atoms with Crippen LogP contribution in [0.2, 0.25) is 5.02 Å². The van der Waals surface area contributed by atoms with E-state index >= 15 is 0 Å². The number of pyridine rings is 1. The minimum atomic E-state index is -0.209. The number of aliphatic hydroxyl groups excluding tert-OH is 1. The number of hydrogen-bond acceptors (Lipinski definition) is 3. The van der Waals surface area contributed by atoms with Crippen LogP contribution < -0.4 is 4.74 Å². The van der Waals surface area contributed by atoms with Gasteiger partial charge in [0.15, 0.2) is 0 Å². The van der Waals surface area contributed by atoms with E-state index in [9.17, 15) is 0 Å². The second-order valence-corrected chi connectivity index (χ2v) is 6.02. The Morgan fingerprint density at radius 3 is 2.30 bits per heavy atom. The molecule has 0 radical (unpaired) electrons. The molecule has 0 spiro atoms. The van der Waals surface area contributed by atoms with Crippen molar-refractivity contribution < 1.29 is 9.84 Å². The fourth-order valence-corrected chi connectivity index (χ4v) is 1.94. The van der Waals surface area contributed by atoms with Gasteiger partial charge in [0.05, 0.1) is 17.3 Å². The fraction of sp³-hybridized carbons (Fsp3) is 0.312. The second kappa shape index (κ2) is 5.81. The van der Waals surface area contributed by atoms with Crippen LogP contribution in [0.25, 0.3) is 0 Å². The van der Waals surface area contributed by atoms with Gasteiger partial charge < -0.3 is 9.84 Å². The van der Waals surface area contributed by atoms with Crippen LogP contribution in [0.4, 0.5) is 0 Å². The Kier molecular flexibility index (Phi) is 4.31. The molecule has 0 unspecified atom stereocenters. The van der Waals surface area contributed by atoms with Crippen LogP contribution in [0.5, 0.6) is 11.6 Å². The summed E-state index contributed by atoms with van der Waals surface area (Å²) in [5.41, 5.74) is 1.77. The molecule has 0 atom stereocenters. The maximum atomic E-state index is 9.13. The van der Waals surface area contributed by atoms with Crippen molar-refractivity contribution in [2.45, 2.75) is 32.8 Å². The van der Waals surface area contributed by atoms with Gasteiger partial charge >= 0.3 is 0 Å². The number of rotatable bonds is 3. The largest absolute Gasteiger partial charge is 0.439 e. The molecule has 1 aromatic heterocycles. The Bertz CT molecular complexity index is 588. The monoisotopic (exact) mass is 291 g/mol. The Labute approximate surface area is 124 Å². The molecule has 0 amide bonds. The van der Waals surface area contributed by atoms with E-state index < -0.39 is 0 Å². The SMILES string of the molecule is CC(C)(C)c1ccc(Oc2ccc(Cl)c(CO)n2)cc1. The predicted octanol–water partition coefficient (Wildman–Crippen LogP) is 4.32. The highest BCUT2D eigenvalue weighted by atomic mass is 35.5. The normalized spacial score (nSPS) is 11.4. The van der Waals surface area contributed by atoms with Crippen LogP contribution in [0.3, 0.4) is 0 Å². The minimum absolute atomic E-state index is 0.112. The Hall–Kier alpha value is -1.58. The van der Waals surface area contributed by atoms with E-state index in [4.69, 9.17) is 21.4 Å². The van der Waals surface area contributed by atoms with E-state index in [0.29, 0.717) is 22.3 Å². The van der Waals surface area contributed by atoms with Gasteiger partial charge in [-0.2, -0.15) is 0 Å². The molecule has 4 heteroatoms. The van der Waals surface area contributed by atoms with Gasteiger partial charge in [-0.05, 0) is 29.2 Å². The van der Waals surface area contributed by atoms with Crippen molar-refractivity contribution in [1.82, 2.24) is 4.98 Å². The van der Waals surface area contributed by atoms with Gasteiger partial charge in [0, 0.05) is 6.07 Å². The molecule has 1 N–H and O–H groups in total. The molecular weight excluding hydrogens is 274 g/mol. The van der Waals surface area contributed by atoms with Crippen molar-refractivity contribution in [3.05, 3.63) is 52.7 Å². The Morgan fingerprint density at radius 2 is 1.75 bits per heavy atom. The number of ether oxygens (including phenoxy) is 1. The number of halogens is 1. The lowest BCUT2D eigenvalue weighted by atomic mass is 9.87. The first-order valence-corrected chi connectivity index (χ1v) is 6.82. The summed E-state index contributed by atoms with van der Waals surface area (Å²) >= 11 is 5.89. The summed E-state index contributed by atoms with van der Waals surface area (Å²) < 4.78 is 5.66. The van der Waals surface area contributed by atoms with Gasteiger partial charge in [0.25, 0.3) is 0 Å². The lowest BCUT2D eigenvalue weighted by Crippen LogP contribution is -2.10. The first kappa shape index (κ1) is 14.8. The van der Waals surface area contributed by atoms with Crippen molar-refractivity contribution in [1.29, 1.82) is 0 Å². The summed E-state index contributed by atoms with van der Waals surface area (Å²) in [6.07, 6.45) is 0. The third-order valence-corrected chi connectivity index (χ3v) is 3.33. The summed E-state index contributed by atoms with van der Waals surface area (Å²) in [6.45, 7) is 6.28. The highest BCUT2D eigenvalue weighted by molar-refractivity contribution is 6.31. The zero-order chi connectivity index (χ0) is 14.8. The Morgan fingerprint density at radius 1 is 1.10 bits per heavy atom. The highest BCUT2D eigenvalue weighted by Gasteiger charge is 2.13. The van der Waals surface area contributed by atoms with Gasteiger partial charge in [-0.1, -0.05) is 44.5 Å². The van der Waals surface area contributed by atoms with Crippen LogP contribution in [0.15, 0.2) is 36.4 Å². The summed E-state index contributed by atoms with van der Waals surface area (Å²) in [5.74, 6) is 1.12. The van der Waals surface area contributed by atoms with E-state index in [1.54, 1.807) is 12.1 Å². The number of aliphatic hydroxyl groups is 1. The van der Waals surface area contributed by atoms with Crippen LogP contribution >= 0.6 is 11.6 Å². The minimum Gasteiger partial charge on any atom is -0.439 e. The molecule has 0 saturated heterocycles. The highest BCUT2D eigenvalue weighted by Crippen LogP contribution is 2.27. The maximum Gasteiger partial charge on any atom is 0.219 e. The van der Waals surface area contributed by atoms with E-state index in [-0.39, 0.29) is 12.0 Å². The third kappa shape index (κ3) is 3.50. The van der Waals surface area contributed by atoms with E-state index in [0.717, 1.165) is 0 Å². The maximum absolute atomic E-state index is 9.13. The van der Waals surface area contributed by atoms with Gasteiger partial charge in [0.2, 0.25) is 5.88 Å². The molecule has 0 bridgehead atoms. The molecule has 0 aliphatic carbocycles. The van der Waals surface area contributed by atoms with Crippen molar-refractivity contribution >= 4 is 11.6 Å². The summed E-state index contributed by atoms with van der Waals surface area (Å²) in [5, 5.41) is 9.57. The molecule has 1 aromatic carbocycles. The molecule has 2 aromatic rings. The van der Waals surface area contributed by atoms with Crippen molar-refractivity contribution in [2.24, 2.45) is 0 Å². The van der Waals surface area contributed by atoms with E-state index in [2.05, 4.69) is 25.8 Å². The molecule has 0 aliphatic heterocycles. The molecule has 1 heterocycles. The Balaban J connectivity index is 2.18. The van der Waals surface area contributed by atoms with Gasteiger partial charge in [-0.15, -0.1) is 0 Å². The van der Waals surface area contributed by atoms with Gasteiger partial charge in [0.1, 0.15) is 5.75 Å². The first-order chi connectivity index (χ1) is 9.40. The quantitative estimate of drug-likeness (QED) is 0.916. The topological polar surface area (TPSA) is 42.4 Å². The molecule has 0 fully saturated rings.